The standard InChI is InChI=1S/C11H21N5O2/c1-8(6-7-14(2)3)12-9-10(17)15(4)11(18)16(5)13-9/h8H,6-7H2,1-5H3,(H,12,13). The van der Waals surface area contributed by atoms with Gasteiger partial charge in [-0.05, 0) is 34.0 Å². The molecule has 0 radical (unpaired) electrons. The molecule has 0 aromatic carbocycles. The van der Waals surface area contributed by atoms with Gasteiger partial charge in [0.1, 0.15) is 0 Å². The first-order valence-corrected chi connectivity index (χ1v) is 5.88. The van der Waals surface area contributed by atoms with Crippen molar-refractivity contribution in [2.45, 2.75) is 19.4 Å². The summed E-state index contributed by atoms with van der Waals surface area (Å²) in [6.45, 7) is 2.90. The lowest BCUT2D eigenvalue weighted by Gasteiger charge is -2.17. The van der Waals surface area contributed by atoms with Crippen molar-refractivity contribution in [2.24, 2.45) is 14.1 Å². The molecule has 0 bridgehead atoms. The van der Waals surface area contributed by atoms with Crippen molar-refractivity contribution >= 4 is 5.82 Å². The van der Waals surface area contributed by atoms with Gasteiger partial charge in [-0.15, -0.1) is 5.10 Å². The second kappa shape index (κ2) is 5.81. The molecule has 1 unspecified atom stereocenters. The predicted molar refractivity (Wildman–Crippen MR) is 71.0 cm³/mol. The molecule has 0 aliphatic carbocycles. The number of aromatic nitrogens is 3. The van der Waals surface area contributed by atoms with Crippen LogP contribution in [0.15, 0.2) is 9.59 Å². The topological polar surface area (TPSA) is 72.2 Å². The maximum atomic E-state index is 11.8. The summed E-state index contributed by atoms with van der Waals surface area (Å²) in [5.41, 5.74) is -0.818. The van der Waals surface area contributed by atoms with Crippen LogP contribution in [0.1, 0.15) is 13.3 Å². The fraction of sp³-hybridized carbons (Fsp3) is 0.727. The van der Waals surface area contributed by atoms with Crippen LogP contribution in [0.25, 0.3) is 0 Å². The Morgan fingerprint density at radius 2 is 1.94 bits per heavy atom. The first-order chi connectivity index (χ1) is 8.32. The molecule has 0 amide bonds. The minimum atomic E-state index is -0.425. The summed E-state index contributed by atoms with van der Waals surface area (Å²) in [6, 6.07) is 0.116. The van der Waals surface area contributed by atoms with Crippen molar-refractivity contribution in [3.8, 4) is 0 Å². The van der Waals surface area contributed by atoms with Crippen LogP contribution in [0.3, 0.4) is 0 Å². The van der Waals surface area contributed by atoms with Crippen LogP contribution in [0.4, 0.5) is 5.82 Å². The lowest BCUT2D eigenvalue weighted by atomic mass is 10.2. The van der Waals surface area contributed by atoms with Crippen LogP contribution in [0.2, 0.25) is 0 Å². The second-order valence-corrected chi connectivity index (χ2v) is 4.76. The quantitative estimate of drug-likeness (QED) is 0.748. The number of nitrogens with one attached hydrogen (secondary N) is 1. The summed E-state index contributed by atoms with van der Waals surface area (Å²) in [7, 11) is 6.96. The average molecular weight is 255 g/mol. The molecule has 102 valence electrons. The molecule has 7 nitrogen and oxygen atoms in total. The van der Waals surface area contributed by atoms with Crippen LogP contribution in [0, 0.1) is 0 Å². The highest BCUT2D eigenvalue weighted by Crippen LogP contribution is 1.99. The predicted octanol–water partition coefficient (Wildman–Crippen LogP) is -0.769. The zero-order valence-electron chi connectivity index (χ0n) is 11.6. The minimum absolute atomic E-state index is 0.116. The zero-order chi connectivity index (χ0) is 13.9. The van der Waals surface area contributed by atoms with Gasteiger partial charge in [0.2, 0.25) is 5.82 Å². The highest BCUT2D eigenvalue weighted by molar-refractivity contribution is 5.30. The van der Waals surface area contributed by atoms with E-state index in [1.165, 1.54) is 14.1 Å². The van der Waals surface area contributed by atoms with Crippen LogP contribution in [-0.4, -0.2) is 45.9 Å². The Bertz CT molecular complexity index is 517. The molecule has 0 aliphatic rings. The lowest BCUT2D eigenvalue weighted by molar-refractivity contribution is 0.390. The average Bonchev–Trinajstić information content (AvgIpc) is 2.30. The number of rotatable bonds is 5. The highest BCUT2D eigenvalue weighted by atomic mass is 16.2. The Morgan fingerprint density at radius 3 is 2.50 bits per heavy atom. The van der Waals surface area contributed by atoms with Gasteiger partial charge in [-0.2, -0.15) is 0 Å². The molecule has 0 aliphatic heterocycles. The zero-order valence-corrected chi connectivity index (χ0v) is 11.6. The Balaban J connectivity index is 2.86. The van der Waals surface area contributed by atoms with Crippen molar-refractivity contribution in [1.29, 1.82) is 0 Å². The normalized spacial score (nSPS) is 12.8. The molecule has 0 fully saturated rings. The molecule has 0 saturated heterocycles. The van der Waals surface area contributed by atoms with Crippen molar-refractivity contribution in [2.75, 3.05) is 26.0 Å². The van der Waals surface area contributed by atoms with E-state index in [0.29, 0.717) is 0 Å². The molecule has 1 rings (SSSR count). The molecule has 0 spiro atoms. The maximum Gasteiger partial charge on any atom is 0.346 e. The monoisotopic (exact) mass is 255 g/mol. The third-order valence-corrected chi connectivity index (χ3v) is 2.71. The van der Waals surface area contributed by atoms with Crippen molar-refractivity contribution in [3.05, 3.63) is 20.8 Å². The van der Waals surface area contributed by atoms with E-state index in [1.807, 2.05) is 21.0 Å². The van der Waals surface area contributed by atoms with E-state index < -0.39 is 11.2 Å². The molecule has 1 atom stereocenters. The smallest absolute Gasteiger partial charge is 0.346 e. The minimum Gasteiger partial charge on any atom is -0.362 e. The van der Waals surface area contributed by atoms with Gasteiger partial charge >= 0.3 is 5.69 Å². The fourth-order valence-corrected chi connectivity index (χ4v) is 1.55. The molecule has 1 heterocycles. The number of hydrogen-bond acceptors (Lipinski definition) is 5. The number of hydrogen-bond donors (Lipinski definition) is 1. The van der Waals surface area contributed by atoms with Crippen LogP contribution in [0.5, 0.6) is 0 Å². The molecular formula is C11H21N5O2. The molecule has 1 aromatic rings. The molecule has 18 heavy (non-hydrogen) atoms. The van der Waals surface area contributed by atoms with E-state index in [4.69, 9.17) is 0 Å². The summed E-state index contributed by atoms with van der Waals surface area (Å²) >= 11 is 0. The Labute approximate surface area is 106 Å². The van der Waals surface area contributed by atoms with Gasteiger partial charge in [0.25, 0.3) is 5.56 Å². The summed E-state index contributed by atoms with van der Waals surface area (Å²) in [6.07, 6.45) is 0.890. The second-order valence-electron chi connectivity index (χ2n) is 4.76. The SMILES string of the molecule is CC(CCN(C)C)Nc1nn(C)c(=O)n(C)c1=O. The molecule has 1 aromatic heterocycles. The van der Waals surface area contributed by atoms with Gasteiger partial charge < -0.3 is 10.2 Å². The summed E-state index contributed by atoms with van der Waals surface area (Å²) < 4.78 is 2.20. The van der Waals surface area contributed by atoms with E-state index in [1.54, 1.807) is 0 Å². The van der Waals surface area contributed by atoms with Gasteiger partial charge in [0.15, 0.2) is 0 Å². The third kappa shape index (κ3) is 3.43. The van der Waals surface area contributed by atoms with Crippen molar-refractivity contribution in [3.63, 3.8) is 0 Å². The molecule has 7 heteroatoms. The van der Waals surface area contributed by atoms with Gasteiger partial charge in [0.05, 0.1) is 0 Å². The van der Waals surface area contributed by atoms with Gasteiger partial charge in [0, 0.05) is 20.1 Å². The molecule has 1 N–H and O–H groups in total. The van der Waals surface area contributed by atoms with E-state index in [2.05, 4.69) is 15.3 Å². The van der Waals surface area contributed by atoms with Gasteiger partial charge in [-0.3, -0.25) is 9.36 Å². The van der Waals surface area contributed by atoms with Crippen LogP contribution < -0.4 is 16.6 Å². The largest absolute Gasteiger partial charge is 0.362 e. The molecular weight excluding hydrogens is 234 g/mol. The van der Waals surface area contributed by atoms with Gasteiger partial charge in [-0.25, -0.2) is 9.48 Å². The number of anilines is 1. The van der Waals surface area contributed by atoms with E-state index in [9.17, 15) is 9.59 Å². The van der Waals surface area contributed by atoms with Crippen molar-refractivity contribution < 1.29 is 0 Å². The van der Waals surface area contributed by atoms with E-state index in [0.717, 1.165) is 22.2 Å². The first-order valence-electron chi connectivity index (χ1n) is 5.88. The van der Waals surface area contributed by atoms with Gasteiger partial charge in [-0.1, -0.05) is 0 Å². The van der Waals surface area contributed by atoms with E-state index in [-0.39, 0.29) is 11.9 Å². The highest BCUT2D eigenvalue weighted by Gasteiger charge is 2.11. The summed E-state index contributed by atoms with van der Waals surface area (Å²) in [5, 5.41) is 6.99. The maximum absolute atomic E-state index is 11.8. The van der Waals surface area contributed by atoms with Crippen LogP contribution in [-0.2, 0) is 14.1 Å². The van der Waals surface area contributed by atoms with E-state index >= 15 is 0 Å². The summed E-state index contributed by atoms with van der Waals surface area (Å²) in [5.74, 6) is 0.214. The lowest BCUT2D eigenvalue weighted by Crippen LogP contribution is -2.41. The molecule has 0 saturated carbocycles. The number of aryl methyl sites for hydroxylation is 1. The fourth-order valence-electron chi connectivity index (χ4n) is 1.55. The first kappa shape index (κ1) is 14.4. The summed E-state index contributed by atoms with van der Waals surface area (Å²) in [4.78, 5) is 25.4. The Hall–Kier alpha value is -1.63. The van der Waals surface area contributed by atoms with Crippen molar-refractivity contribution in [1.82, 2.24) is 19.2 Å². The third-order valence-electron chi connectivity index (χ3n) is 2.71. The van der Waals surface area contributed by atoms with Crippen LogP contribution >= 0.6 is 0 Å². The Morgan fingerprint density at radius 1 is 1.33 bits per heavy atom. The Kier molecular flexibility index (Phi) is 4.66. The number of nitrogens with zero attached hydrogens (tertiary/aromatic N) is 4.